The fourth-order valence-electron chi connectivity index (χ4n) is 2.38. The highest BCUT2D eigenvalue weighted by Gasteiger charge is 2.14. The highest BCUT2D eigenvalue weighted by atomic mass is 35.5. The maximum absolute atomic E-state index is 13.0. The van der Waals surface area contributed by atoms with Crippen LogP contribution in [0.15, 0.2) is 77.7 Å². The number of benzene rings is 3. The summed E-state index contributed by atoms with van der Waals surface area (Å²) >= 11 is 5.92. The molecular weight excluding hydrogens is 361 g/mol. The highest BCUT2D eigenvalue weighted by molar-refractivity contribution is 7.89. The van der Waals surface area contributed by atoms with Crippen molar-refractivity contribution in [3.05, 3.63) is 89.2 Å². The van der Waals surface area contributed by atoms with E-state index in [-0.39, 0.29) is 16.5 Å². The van der Waals surface area contributed by atoms with E-state index in [1.54, 1.807) is 24.3 Å². The summed E-state index contributed by atoms with van der Waals surface area (Å²) in [6.07, 6.45) is 0. The average Bonchev–Trinajstić information content (AvgIpc) is 2.62. The Morgan fingerprint density at radius 2 is 1.52 bits per heavy atom. The monoisotopic (exact) mass is 375 g/mol. The van der Waals surface area contributed by atoms with Gasteiger partial charge >= 0.3 is 0 Å². The molecule has 0 saturated heterocycles. The van der Waals surface area contributed by atoms with Crippen molar-refractivity contribution in [1.29, 1.82) is 0 Å². The van der Waals surface area contributed by atoms with Crippen LogP contribution in [0.3, 0.4) is 0 Å². The van der Waals surface area contributed by atoms with Gasteiger partial charge in [0.1, 0.15) is 5.82 Å². The fourth-order valence-corrected chi connectivity index (χ4v) is 3.62. The lowest BCUT2D eigenvalue weighted by atomic mass is 10.1. The Balaban J connectivity index is 1.76. The molecule has 0 unspecified atom stereocenters. The summed E-state index contributed by atoms with van der Waals surface area (Å²) in [4.78, 5) is 0.158. The van der Waals surface area contributed by atoms with Gasteiger partial charge in [-0.2, -0.15) is 0 Å². The van der Waals surface area contributed by atoms with Gasteiger partial charge in [-0.05, 0) is 41.0 Å². The largest absolute Gasteiger partial charge is 0.240 e. The first-order valence-electron chi connectivity index (χ1n) is 7.55. The normalized spacial score (nSPS) is 11.4. The lowest BCUT2D eigenvalue weighted by Gasteiger charge is -2.09. The molecule has 0 atom stereocenters. The quantitative estimate of drug-likeness (QED) is 0.707. The molecule has 0 amide bonds. The highest BCUT2D eigenvalue weighted by Crippen LogP contribution is 2.22. The van der Waals surface area contributed by atoms with Crippen LogP contribution in [-0.4, -0.2) is 8.42 Å². The number of sulfonamides is 1. The van der Waals surface area contributed by atoms with Crippen LogP contribution in [0.4, 0.5) is 4.39 Å². The first-order valence-corrected chi connectivity index (χ1v) is 9.41. The Bertz CT molecular complexity index is 974. The van der Waals surface area contributed by atoms with Crippen molar-refractivity contribution in [3.8, 4) is 11.1 Å². The molecule has 0 aromatic heterocycles. The molecule has 0 heterocycles. The number of rotatable bonds is 5. The van der Waals surface area contributed by atoms with Gasteiger partial charge in [-0.3, -0.25) is 0 Å². The summed E-state index contributed by atoms with van der Waals surface area (Å²) in [5.74, 6) is -0.465. The third-order valence-corrected chi connectivity index (χ3v) is 5.51. The molecule has 0 fully saturated rings. The zero-order valence-electron chi connectivity index (χ0n) is 13.1. The van der Waals surface area contributed by atoms with E-state index in [9.17, 15) is 12.8 Å². The summed E-state index contributed by atoms with van der Waals surface area (Å²) in [6.45, 7) is -0.0120. The number of halogens is 2. The number of hydrogen-bond donors (Lipinski definition) is 1. The second-order valence-electron chi connectivity index (χ2n) is 5.45. The van der Waals surface area contributed by atoms with Gasteiger partial charge in [-0.15, -0.1) is 0 Å². The van der Waals surface area contributed by atoms with Crippen LogP contribution in [-0.2, 0) is 16.6 Å². The van der Waals surface area contributed by atoms with Crippen LogP contribution in [0.1, 0.15) is 5.56 Å². The molecule has 128 valence electrons. The zero-order chi connectivity index (χ0) is 17.9. The summed E-state index contributed by atoms with van der Waals surface area (Å²) in [5, 5.41) is 0.183. The topological polar surface area (TPSA) is 46.2 Å². The van der Waals surface area contributed by atoms with E-state index >= 15 is 0 Å². The third-order valence-electron chi connectivity index (χ3n) is 3.74. The van der Waals surface area contributed by atoms with Crippen molar-refractivity contribution in [2.24, 2.45) is 0 Å². The van der Waals surface area contributed by atoms with E-state index in [2.05, 4.69) is 4.72 Å². The molecule has 6 heteroatoms. The van der Waals surface area contributed by atoms with Crippen LogP contribution < -0.4 is 4.72 Å². The summed E-state index contributed by atoms with van der Waals surface area (Å²) in [6, 6.07) is 20.2. The summed E-state index contributed by atoms with van der Waals surface area (Å²) in [5.41, 5.74) is 2.45. The molecule has 3 aromatic carbocycles. The Labute approximate surface area is 151 Å². The zero-order valence-corrected chi connectivity index (χ0v) is 14.7. The van der Waals surface area contributed by atoms with Crippen molar-refractivity contribution in [2.75, 3.05) is 0 Å². The molecule has 1 N–H and O–H groups in total. The van der Waals surface area contributed by atoms with Gasteiger partial charge in [0.2, 0.25) is 10.0 Å². The Kier molecular flexibility index (Phi) is 5.18. The smallest absolute Gasteiger partial charge is 0.207 e. The van der Waals surface area contributed by atoms with Crippen molar-refractivity contribution < 1.29 is 12.8 Å². The van der Waals surface area contributed by atoms with E-state index in [1.165, 1.54) is 12.1 Å². The third kappa shape index (κ3) is 4.25. The standard InChI is InChI=1S/C19H15ClFNO2S/c20-19-12-17(21)9-6-16(19)13-22-25(23,24)18-10-7-15(8-11-18)14-4-2-1-3-5-14/h1-12,22H,13H2. The minimum Gasteiger partial charge on any atom is -0.207 e. The molecule has 0 spiro atoms. The molecule has 0 aliphatic carbocycles. The maximum Gasteiger partial charge on any atom is 0.240 e. The van der Waals surface area contributed by atoms with Gasteiger partial charge in [0.05, 0.1) is 4.90 Å². The Morgan fingerprint density at radius 1 is 0.880 bits per heavy atom. The average molecular weight is 376 g/mol. The molecule has 3 nitrogen and oxygen atoms in total. The minimum absolute atomic E-state index is 0.0120. The van der Waals surface area contributed by atoms with Gasteiger partial charge in [-0.25, -0.2) is 17.5 Å². The first kappa shape index (κ1) is 17.6. The molecule has 3 aromatic rings. The van der Waals surface area contributed by atoms with E-state index in [0.29, 0.717) is 5.56 Å². The van der Waals surface area contributed by atoms with Crippen molar-refractivity contribution in [3.63, 3.8) is 0 Å². The molecule has 0 radical (unpaired) electrons. The minimum atomic E-state index is -3.69. The van der Waals surface area contributed by atoms with Crippen LogP contribution in [0, 0.1) is 5.82 Å². The Morgan fingerprint density at radius 3 is 2.16 bits per heavy atom. The van der Waals surface area contributed by atoms with Crippen LogP contribution in [0.5, 0.6) is 0 Å². The fraction of sp³-hybridized carbons (Fsp3) is 0.0526. The van der Waals surface area contributed by atoms with Crippen molar-refractivity contribution in [2.45, 2.75) is 11.4 Å². The van der Waals surface area contributed by atoms with Gasteiger partial charge in [0, 0.05) is 11.6 Å². The number of nitrogens with one attached hydrogen (secondary N) is 1. The summed E-state index contributed by atoms with van der Waals surface area (Å²) < 4.78 is 40.3. The van der Waals surface area contributed by atoms with Gasteiger partial charge in [0.25, 0.3) is 0 Å². The van der Waals surface area contributed by atoms with Crippen LogP contribution in [0.2, 0.25) is 5.02 Å². The molecule has 0 aliphatic heterocycles. The van der Waals surface area contributed by atoms with Crippen molar-refractivity contribution >= 4 is 21.6 Å². The van der Waals surface area contributed by atoms with Gasteiger partial charge in [-0.1, -0.05) is 60.1 Å². The van der Waals surface area contributed by atoms with E-state index < -0.39 is 15.8 Å². The SMILES string of the molecule is O=S(=O)(NCc1ccc(F)cc1Cl)c1ccc(-c2ccccc2)cc1. The maximum atomic E-state index is 13.0. The lowest BCUT2D eigenvalue weighted by molar-refractivity contribution is 0.581. The predicted octanol–water partition coefficient (Wildman–Crippen LogP) is 4.62. The van der Waals surface area contributed by atoms with E-state index in [4.69, 9.17) is 11.6 Å². The van der Waals surface area contributed by atoms with Crippen molar-refractivity contribution in [1.82, 2.24) is 4.72 Å². The van der Waals surface area contributed by atoms with Gasteiger partial charge < -0.3 is 0 Å². The molecule has 0 bridgehead atoms. The molecule has 0 aliphatic rings. The van der Waals surface area contributed by atoms with Crippen LogP contribution in [0.25, 0.3) is 11.1 Å². The second-order valence-corrected chi connectivity index (χ2v) is 7.62. The molecule has 25 heavy (non-hydrogen) atoms. The van der Waals surface area contributed by atoms with Gasteiger partial charge in [0.15, 0.2) is 0 Å². The molecular formula is C19H15ClFNO2S. The lowest BCUT2D eigenvalue weighted by Crippen LogP contribution is -2.23. The second kappa shape index (κ2) is 7.35. The molecule has 0 saturated carbocycles. The van der Waals surface area contributed by atoms with E-state index in [0.717, 1.165) is 17.2 Å². The van der Waals surface area contributed by atoms with Crippen LogP contribution >= 0.6 is 11.6 Å². The first-order chi connectivity index (χ1) is 12.0. The summed E-state index contributed by atoms with van der Waals surface area (Å²) in [7, 11) is -3.69. The predicted molar refractivity (Wildman–Crippen MR) is 97.3 cm³/mol. The van der Waals surface area contributed by atoms with E-state index in [1.807, 2.05) is 30.3 Å². The Hall–Kier alpha value is -2.21. The number of hydrogen-bond acceptors (Lipinski definition) is 2. The molecule has 3 rings (SSSR count).